The molecule has 0 aromatic rings. The monoisotopic (exact) mass is 556 g/mol. The molecule has 212 valence electrons. The minimum atomic E-state index is -5.82. The van der Waals surface area contributed by atoms with Crippen LogP contribution in [0, 0.1) is 17.8 Å². The largest absolute Gasteiger partial charge is 0.478 e. The summed E-state index contributed by atoms with van der Waals surface area (Å²) in [6, 6.07) is 0. The van der Waals surface area contributed by atoms with Crippen molar-refractivity contribution in [2.24, 2.45) is 17.8 Å². The molecule has 4 unspecified atom stereocenters. The SMILES string of the molecule is C=C(CC1CC(CC(O)(CC(F)(F)F)C(F)(F)F)CC(CC(O)(CC(F)(F)F)C(F)(F)F)C1)C(=O)O. The van der Waals surface area contributed by atoms with Gasteiger partial charge in [-0.05, 0) is 56.3 Å². The Bertz CT molecular complexity index is 736. The summed E-state index contributed by atoms with van der Waals surface area (Å²) in [6.07, 6.45) is -33.7. The standard InChI is InChI=1S/C20H24F12O4/c1-10(14(33)34)2-11-3-12(6-15(35,19(27,28)29)8-17(21,22)23)5-13(4-11)7-16(36,20(30,31)32)9-18(24,25)26/h11-13,35-36H,1-9H2,(H,33,34). The predicted molar refractivity (Wildman–Crippen MR) is 98.3 cm³/mol. The molecule has 4 atom stereocenters. The predicted octanol–water partition coefficient (Wildman–Crippen LogP) is 6.32. The van der Waals surface area contributed by atoms with Gasteiger partial charge >= 0.3 is 30.7 Å². The zero-order chi connectivity index (χ0) is 28.5. The van der Waals surface area contributed by atoms with Crippen LogP contribution in [0.15, 0.2) is 12.2 Å². The molecule has 1 aliphatic rings. The topological polar surface area (TPSA) is 77.8 Å². The van der Waals surface area contributed by atoms with E-state index >= 15 is 0 Å². The van der Waals surface area contributed by atoms with Crippen LogP contribution in [0.4, 0.5) is 52.7 Å². The average molecular weight is 556 g/mol. The molecule has 0 heterocycles. The molecule has 0 aromatic heterocycles. The summed E-state index contributed by atoms with van der Waals surface area (Å²) in [5, 5.41) is 28.7. The van der Waals surface area contributed by atoms with Gasteiger partial charge in [0.15, 0.2) is 11.2 Å². The normalized spacial score (nSPS) is 25.7. The minimum Gasteiger partial charge on any atom is -0.478 e. The Morgan fingerprint density at radius 2 is 0.972 bits per heavy atom. The molecule has 1 rings (SSSR count). The van der Waals surface area contributed by atoms with E-state index in [-0.39, 0.29) is 0 Å². The van der Waals surface area contributed by atoms with E-state index in [1.165, 1.54) is 0 Å². The van der Waals surface area contributed by atoms with E-state index < -0.39 is 117 Å². The summed E-state index contributed by atoms with van der Waals surface area (Å²) in [5.41, 5.74) is -9.24. The molecule has 0 aromatic carbocycles. The second kappa shape index (κ2) is 10.6. The Hall–Kier alpha value is -1.71. The van der Waals surface area contributed by atoms with Gasteiger partial charge in [-0.15, -0.1) is 0 Å². The smallest absolute Gasteiger partial charge is 0.417 e. The molecule has 16 heteroatoms. The van der Waals surface area contributed by atoms with E-state index in [0.29, 0.717) is 0 Å². The summed E-state index contributed by atoms with van der Waals surface area (Å²) in [6.45, 7) is 3.17. The van der Waals surface area contributed by atoms with E-state index in [9.17, 15) is 67.7 Å². The van der Waals surface area contributed by atoms with Crippen LogP contribution in [0.2, 0.25) is 0 Å². The number of aliphatic carboxylic acids is 1. The highest BCUT2D eigenvalue weighted by atomic mass is 19.4. The van der Waals surface area contributed by atoms with Crippen LogP contribution in [0.25, 0.3) is 0 Å². The maximum Gasteiger partial charge on any atom is 0.417 e. The lowest BCUT2D eigenvalue weighted by molar-refractivity contribution is -0.303. The zero-order valence-electron chi connectivity index (χ0n) is 18.4. The van der Waals surface area contributed by atoms with Gasteiger partial charge < -0.3 is 15.3 Å². The van der Waals surface area contributed by atoms with Gasteiger partial charge in [-0.2, -0.15) is 52.7 Å². The van der Waals surface area contributed by atoms with Crippen LogP contribution in [-0.2, 0) is 4.79 Å². The van der Waals surface area contributed by atoms with Gasteiger partial charge in [-0.25, -0.2) is 4.79 Å². The molecule has 36 heavy (non-hydrogen) atoms. The molecule has 0 amide bonds. The highest BCUT2D eigenvalue weighted by molar-refractivity contribution is 5.85. The molecule has 0 radical (unpaired) electrons. The van der Waals surface area contributed by atoms with E-state index in [2.05, 4.69) is 6.58 Å². The number of alkyl halides is 12. The van der Waals surface area contributed by atoms with Crippen LogP contribution in [0.3, 0.4) is 0 Å². The van der Waals surface area contributed by atoms with Crippen LogP contribution >= 0.6 is 0 Å². The van der Waals surface area contributed by atoms with Gasteiger partial charge in [0.25, 0.3) is 0 Å². The summed E-state index contributed by atoms with van der Waals surface area (Å²) in [5.74, 6) is -5.86. The first kappa shape index (κ1) is 32.3. The molecule has 0 saturated heterocycles. The number of rotatable bonds is 9. The van der Waals surface area contributed by atoms with Crippen molar-refractivity contribution in [3.63, 3.8) is 0 Å². The molecular weight excluding hydrogens is 532 g/mol. The molecule has 0 aliphatic heterocycles. The number of carbonyl (C=O) groups is 1. The summed E-state index contributed by atoms with van der Waals surface area (Å²) >= 11 is 0. The van der Waals surface area contributed by atoms with Crippen molar-refractivity contribution in [2.45, 2.75) is 87.3 Å². The third-order valence-corrected chi connectivity index (χ3v) is 6.13. The maximum absolute atomic E-state index is 13.4. The molecule has 1 fully saturated rings. The quantitative estimate of drug-likeness (QED) is 0.230. The maximum atomic E-state index is 13.4. The first-order valence-electron chi connectivity index (χ1n) is 10.4. The minimum absolute atomic E-state index is 0.469. The Labute approximate surface area is 197 Å². The number of halogens is 12. The number of carboxylic acids is 1. The lowest BCUT2D eigenvalue weighted by atomic mass is 9.67. The molecule has 0 spiro atoms. The second-order valence-electron chi connectivity index (χ2n) is 9.47. The van der Waals surface area contributed by atoms with Crippen molar-refractivity contribution in [3.05, 3.63) is 12.2 Å². The second-order valence-corrected chi connectivity index (χ2v) is 9.47. The van der Waals surface area contributed by atoms with E-state index in [1.807, 2.05) is 0 Å². The third-order valence-electron chi connectivity index (χ3n) is 6.13. The highest BCUT2D eigenvalue weighted by Crippen LogP contribution is 2.51. The van der Waals surface area contributed by atoms with Crippen molar-refractivity contribution in [2.75, 3.05) is 0 Å². The fraction of sp³-hybridized carbons (Fsp3) is 0.850. The highest BCUT2D eigenvalue weighted by Gasteiger charge is 2.61. The average Bonchev–Trinajstić information content (AvgIpc) is 2.55. The van der Waals surface area contributed by atoms with Crippen molar-refractivity contribution in [1.29, 1.82) is 0 Å². The number of carboxylic acid groups (broad SMARTS) is 1. The number of aliphatic hydroxyl groups is 2. The van der Waals surface area contributed by atoms with Crippen molar-refractivity contribution >= 4 is 5.97 Å². The molecular formula is C20H24F12O4. The number of hydrogen-bond acceptors (Lipinski definition) is 3. The molecule has 1 saturated carbocycles. The summed E-state index contributed by atoms with van der Waals surface area (Å²) in [7, 11) is 0. The molecule has 3 N–H and O–H groups in total. The lowest BCUT2D eigenvalue weighted by Crippen LogP contribution is -2.51. The van der Waals surface area contributed by atoms with Crippen LogP contribution in [-0.4, -0.2) is 57.2 Å². The molecule has 4 nitrogen and oxygen atoms in total. The van der Waals surface area contributed by atoms with Gasteiger partial charge in [0.2, 0.25) is 0 Å². The Balaban J connectivity index is 3.34. The van der Waals surface area contributed by atoms with Gasteiger partial charge in [-0.3, -0.25) is 0 Å². The van der Waals surface area contributed by atoms with E-state index in [1.54, 1.807) is 0 Å². The van der Waals surface area contributed by atoms with E-state index in [4.69, 9.17) is 5.11 Å². The zero-order valence-corrected chi connectivity index (χ0v) is 18.4. The van der Waals surface area contributed by atoms with Gasteiger partial charge in [0.05, 0.1) is 12.8 Å². The van der Waals surface area contributed by atoms with Gasteiger partial charge in [0, 0.05) is 5.57 Å². The van der Waals surface area contributed by atoms with Crippen molar-refractivity contribution in [1.82, 2.24) is 0 Å². The molecule has 1 aliphatic carbocycles. The van der Waals surface area contributed by atoms with Crippen LogP contribution in [0.5, 0.6) is 0 Å². The Kier molecular flexibility index (Phi) is 9.49. The Morgan fingerprint density at radius 3 is 1.22 bits per heavy atom. The van der Waals surface area contributed by atoms with Crippen LogP contribution < -0.4 is 0 Å². The lowest BCUT2D eigenvalue weighted by Gasteiger charge is -2.42. The first-order valence-corrected chi connectivity index (χ1v) is 10.4. The van der Waals surface area contributed by atoms with Crippen molar-refractivity contribution < 1.29 is 72.8 Å². The Morgan fingerprint density at radius 1 is 0.667 bits per heavy atom. The van der Waals surface area contributed by atoms with Crippen molar-refractivity contribution in [3.8, 4) is 0 Å². The van der Waals surface area contributed by atoms with Gasteiger partial charge in [0.1, 0.15) is 0 Å². The van der Waals surface area contributed by atoms with E-state index in [0.717, 1.165) is 0 Å². The van der Waals surface area contributed by atoms with Gasteiger partial charge in [-0.1, -0.05) is 6.58 Å². The summed E-state index contributed by atoms with van der Waals surface area (Å²) < 4.78 is 157. The first-order chi connectivity index (χ1) is 15.8. The summed E-state index contributed by atoms with van der Waals surface area (Å²) in [4.78, 5) is 11.0. The fourth-order valence-corrected chi connectivity index (χ4v) is 4.83. The number of hydrogen-bond donors (Lipinski definition) is 3. The van der Waals surface area contributed by atoms with Crippen LogP contribution in [0.1, 0.15) is 51.4 Å². The molecule has 0 bridgehead atoms. The third kappa shape index (κ3) is 9.30. The fourth-order valence-electron chi connectivity index (χ4n) is 4.83.